The minimum Gasteiger partial charge on any atom is -0.465 e. The number of halogens is 1. The van der Waals surface area contributed by atoms with E-state index in [2.05, 4.69) is 65.1 Å². The molecule has 29 heavy (non-hydrogen) atoms. The first-order chi connectivity index (χ1) is 14.0. The number of rotatable bonds is 7. The average Bonchev–Trinajstić information content (AvgIpc) is 2.74. The minimum atomic E-state index is -0.689. The van der Waals surface area contributed by atoms with Crippen molar-refractivity contribution in [2.24, 2.45) is 23.7 Å². The smallest absolute Gasteiger partial charge is 0.316 e. The van der Waals surface area contributed by atoms with Crippen molar-refractivity contribution in [3.8, 4) is 0 Å². The van der Waals surface area contributed by atoms with Gasteiger partial charge < -0.3 is 4.74 Å². The van der Waals surface area contributed by atoms with Gasteiger partial charge in [-0.05, 0) is 110 Å². The maximum absolute atomic E-state index is 13.4. The van der Waals surface area contributed by atoms with E-state index in [1.807, 2.05) is 6.92 Å². The van der Waals surface area contributed by atoms with Crippen LogP contribution >= 0.6 is 22.6 Å². The molecule has 2 unspecified atom stereocenters. The number of benzene rings is 1. The fourth-order valence-corrected chi connectivity index (χ4v) is 5.24. The molecule has 4 heteroatoms. The number of Topliss-reactive ketones (excluding diaryl/α,β-unsaturated/α-hetero) is 1. The van der Waals surface area contributed by atoms with E-state index >= 15 is 0 Å². The minimum absolute atomic E-state index is 0.0214. The molecule has 0 N–H and O–H groups in total. The van der Waals surface area contributed by atoms with Gasteiger partial charge in [-0.3, -0.25) is 9.59 Å². The highest BCUT2D eigenvalue weighted by molar-refractivity contribution is 14.1. The van der Waals surface area contributed by atoms with Gasteiger partial charge in [0.05, 0.1) is 6.61 Å². The molecule has 0 aromatic heterocycles. The van der Waals surface area contributed by atoms with Crippen molar-refractivity contribution < 1.29 is 14.3 Å². The van der Waals surface area contributed by atoms with Gasteiger partial charge >= 0.3 is 5.97 Å². The summed E-state index contributed by atoms with van der Waals surface area (Å²) >= 11 is 2.28. The zero-order chi connectivity index (χ0) is 20.8. The van der Waals surface area contributed by atoms with Gasteiger partial charge in [0.2, 0.25) is 0 Å². The molecular formula is C25H31IO3. The Balaban J connectivity index is 1.68. The normalized spacial score (nSPS) is 24.9. The van der Waals surface area contributed by atoms with Crippen molar-refractivity contribution in [1.29, 1.82) is 0 Å². The van der Waals surface area contributed by atoms with Crippen LogP contribution in [0.5, 0.6) is 0 Å². The van der Waals surface area contributed by atoms with E-state index in [4.69, 9.17) is 4.74 Å². The third-order valence-corrected chi connectivity index (χ3v) is 7.11. The Labute approximate surface area is 188 Å². The van der Waals surface area contributed by atoms with E-state index in [9.17, 15) is 9.59 Å². The van der Waals surface area contributed by atoms with Crippen molar-refractivity contribution >= 4 is 34.3 Å². The molecule has 156 valence electrons. The molecule has 0 aliphatic heterocycles. The molecule has 1 fully saturated rings. The van der Waals surface area contributed by atoms with Gasteiger partial charge in [-0.2, -0.15) is 0 Å². The summed E-state index contributed by atoms with van der Waals surface area (Å²) in [5, 5.41) is 0. The number of ketones is 1. The predicted octanol–water partition coefficient (Wildman–Crippen LogP) is 5.83. The summed E-state index contributed by atoms with van der Waals surface area (Å²) in [6, 6.07) is 6.19. The molecule has 2 aliphatic rings. The van der Waals surface area contributed by atoms with E-state index in [-0.39, 0.29) is 17.7 Å². The van der Waals surface area contributed by atoms with Gasteiger partial charge in [-0.15, -0.1) is 0 Å². The van der Waals surface area contributed by atoms with Crippen LogP contribution in [-0.2, 0) is 20.7 Å². The van der Waals surface area contributed by atoms with Crippen LogP contribution in [0.15, 0.2) is 42.5 Å². The maximum Gasteiger partial charge on any atom is 0.316 e. The van der Waals surface area contributed by atoms with Crippen LogP contribution in [0.3, 0.4) is 0 Å². The van der Waals surface area contributed by atoms with Gasteiger partial charge in [0.1, 0.15) is 5.92 Å². The summed E-state index contributed by atoms with van der Waals surface area (Å²) in [6.45, 7) is 4.14. The second-order valence-electron chi connectivity index (χ2n) is 8.31. The summed E-state index contributed by atoms with van der Waals surface area (Å²) < 4.78 is 6.42. The Morgan fingerprint density at radius 3 is 2.59 bits per heavy atom. The molecular weight excluding hydrogens is 475 g/mol. The fourth-order valence-electron chi connectivity index (χ4n) is 4.69. The molecule has 1 saturated carbocycles. The predicted molar refractivity (Wildman–Crippen MR) is 125 cm³/mol. The Hall–Kier alpha value is -1.43. The maximum atomic E-state index is 13.4. The zero-order valence-corrected chi connectivity index (χ0v) is 19.6. The molecule has 0 heterocycles. The van der Waals surface area contributed by atoms with Crippen molar-refractivity contribution in [2.45, 2.75) is 52.4 Å². The summed E-state index contributed by atoms with van der Waals surface area (Å²) in [5.74, 6) is 0.264. The van der Waals surface area contributed by atoms with Gasteiger partial charge in [0, 0.05) is 9.49 Å². The monoisotopic (exact) mass is 506 g/mol. The number of carbonyl (C=O) groups excluding carboxylic acids is 2. The highest BCUT2D eigenvalue weighted by Crippen LogP contribution is 2.38. The number of allylic oxidation sites excluding steroid dienone is 4. The first-order valence-electron chi connectivity index (χ1n) is 10.8. The largest absolute Gasteiger partial charge is 0.465 e. The number of aryl methyl sites for hydroxylation is 1. The van der Waals surface area contributed by atoms with Crippen LogP contribution in [0, 0.1) is 34.2 Å². The number of ether oxygens (including phenoxy) is 1. The lowest BCUT2D eigenvalue weighted by Gasteiger charge is -2.33. The van der Waals surface area contributed by atoms with Crippen LogP contribution < -0.4 is 0 Å². The van der Waals surface area contributed by atoms with E-state index in [0.717, 1.165) is 46.8 Å². The SMILES string of the molecule is CCOC(=O)C(Cc1cc(I)ccc1C)C(=O)[C@H]1CC[C@H](C2C=CC=CC2)CC1. The molecule has 0 radical (unpaired) electrons. The van der Waals surface area contributed by atoms with E-state index < -0.39 is 5.92 Å². The second kappa shape index (κ2) is 10.6. The van der Waals surface area contributed by atoms with Gasteiger partial charge in [-0.25, -0.2) is 0 Å². The van der Waals surface area contributed by atoms with Crippen LogP contribution in [0.4, 0.5) is 0 Å². The van der Waals surface area contributed by atoms with Crippen molar-refractivity contribution in [1.82, 2.24) is 0 Å². The molecule has 0 saturated heterocycles. The van der Waals surface area contributed by atoms with Crippen molar-refractivity contribution in [3.05, 3.63) is 57.2 Å². The van der Waals surface area contributed by atoms with Gasteiger partial charge in [0.15, 0.2) is 5.78 Å². The zero-order valence-electron chi connectivity index (χ0n) is 17.4. The standard InChI is InChI=1S/C25H31IO3/c1-3-29-25(28)23(16-21-15-22(26)14-9-17(21)2)24(27)20-12-10-19(11-13-20)18-7-5-4-6-8-18/h4-7,9,14-15,18-20,23H,3,8,10-13,16H2,1-2H3/t18?,19-,20-,23?. The molecule has 0 bridgehead atoms. The summed E-state index contributed by atoms with van der Waals surface area (Å²) in [4.78, 5) is 26.0. The van der Waals surface area contributed by atoms with E-state index in [1.165, 1.54) is 0 Å². The Morgan fingerprint density at radius 1 is 1.17 bits per heavy atom. The number of hydrogen-bond acceptors (Lipinski definition) is 3. The van der Waals surface area contributed by atoms with Crippen LogP contribution in [-0.4, -0.2) is 18.4 Å². The fraction of sp³-hybridized carbons (Fsp3) is 0.520. The quantitative estimate of drug-likeness (QED) is 0.266. The third kappa shape index (κ3) is 5.80. The lowest BCUT2D eigenvalue weighted by Crippen LogP contribution is -2.35. The van der Waals surface area contributed by atoms with Crippen LogP contribution in [0.1, 0.15) is 50.2 Å². The Morgan fingerprint density at radius 2 is 1.93 bits per heavy atom. The molecule has 0 spiro atoms. The Kier molecular flexibility index (Phi) is 8.10. The molecule has 1 aromatic carbocycles. The van der Waals surface area contributed by atoms with Crippen molar-refractivity contribution in [3.63, 3.8) is 0 Å². The summed E-state index contributed by atoms with van der Waals surface area (Å²) in [6.07, 6.45) is 14.3. The van der Waals surface area contributed by atoms with Crippen LogP contribution in [0.25, 0.3) is 0 Å². The second-order valence-corrected chi connectivity index (χ2v) is 9.55. The molecule has 3 rings (SSSR count). The van der Waals surface area contributed by atoms with Gasteiger partial charge in [-0.1, -0.05) is 30.4 Å². The first-order valence-corrected chi connectivity index (χ1v) is 11.9. The van der Waals surface area contributed by atoms with E-state index in [0.29, 0.717) is 24.9 Å². The molecule has 2 atom stereocenters. The average molecular weight is 506 g/mol. The molecule has 2 aliphatic carbocycles. The Bertz CT molecular complexity index is 787. The number of hydrogen-bond donors (Lipinski definition) is 0. The molecule has 0 amide bonds. The highest BCUT2D eigenvalue weighted by atomic mass is 127. The summed E-state index contributed by atoms with van der Waals surface area (Å²) in [5.41, 5.74) is 2.18. The first kappa shape index (κ1) is 22.3. The number of esters is 1. The molecule has 3 nitrogen and oxygen atoms in total. The third-order valence-electron chi connectivity index (χ3n) is 6.44. The lowest BCUT2D eigenvalue weighted by atomic mass is 9.71. The topological polar surface area (TPSA) is 43.4 Å². The number of carbonyl (C=O) groups is 2. The summed E-state index contributed by atoms with van der Waals surface area (Å²) in [7, 11) is 0. The van der Waals surface area contributed by atoms with Crippen molar-refractivity contribution in [2.75, 3.05) is 6.61 Å². The lowest BCUT2D eigenvalue weighted by molar-refractivity contribution is -0.153. The molecule has 1 aromatic rings. The van der Waals surface area contributed by atoms with E-state index in [1.54, 1.807) is 6.92 Å². The van der Waals surface area contributed by atoms with Crippen LogP contribution in [0.2, 0.25) is 0 Å². The highest BCUT2D eigenvalue weighted by Gasteiger charge is 2.37. The van der Waals surface area contributed by atoms with Gasteiger partial charge in [0.25, 0.3) is 0 Å².